The number of hydrogen-bond acceptors (Lipinski definition) is 3. The van der Waals surface area contributed by atoms with Crippen LogP contribution in [0, 0.1) is 0 Å². The number of likely N-dealkylation sites (tertiary alicyclic amines) is 1. The Bertz CT molecular complexity index is 475. The molecule has 1 aliphatic rings. The van der Waals surface area contributed by atoms with Gasteiger partial charge in [-0.2, -0.15) is 0 Å². The summed E-state index contributed by atoms with van der Waals surface area (Å²) < 4.78 is 5.84. The number of piperidine rings is 1. The van der Waals surface area contributed by atoms with Crippen molar-refractivity contribution in [1.29, 1.82) is 0 Å². The molecule has 0 aliphatic carbocycles. The summed E-state index contributed by atoms with van der Waals surface area (Å²) in [4.78, 5) is 0. The number of quaternary nitrogens is 1. The third-order valence-electron chi connectivity index (χ3n) is 3.83. The largest absolute Gasteiger partial charge is 0.339 e. The molecule has 1 fully saturated rings. The number of nitrogens with zero attached hydrogens (tertiary/aromatic N) is 3. The maximum absolute atomic E-state index is 4.95. The Kier molecular flexibility index (Phi) is 3.11. The quantitative estimate of drug-likeness (QED) is 0.779. The molecule has 4 nitrogen and oxygen atoms in total. The molecule has 1 aliphatic heterocycles. The van der Waals surface area contributed by atoms with Gasteiger partial charge in [0.15, 0.2) is 0 Å². The average molecular weight is 244 g/mol. The molecule has 1 aromatic carbocycles. The van der Waals surface area contributed by atoms with Gasteiger partial charge in [-0.25, -0.2) is 0 Å². The van der Waals surface area contributed by atoms with E-state index in [-0.39, 0.29) is 0 Å². The molecule has 0 N–H and O–H groups in total. The highest BCUT2D eigenvalue weighted by Gasteiger charge is 2.35. The van der Waals surface area contributed by atoms with Crippen molar-refractivity contribution in [1.82, 2.24) is 14.9 Å². The summed E-state index contributed by atoms with van der Waals surface area (Å²) >= 11 is 0. The first kappa shape index (κ1) is 11.4. The van der Waals surface area contributed by atoms with Crippen molar-refractivity contribution < 1.29 is 4.52 Å². The van der Waals surface area contributed by atoms with Crippen LogP contribution in [-0.4, -0.2) is 23.5 Å². The molecule has 0 unspecified atom stereocenters. The molecule has 0 saturated carbocycles. The van der Waals surface area contributed by atoms with Crippen LogP contribution < -0.4 is 4.48 Å². The SMILES string of the molecule is c1ccc(C[N+]2(c3conn3)CCCCC2)cc1. The van der Waals surface area contributed by atoms with Crippen molar-refractivity contribution in [3.8, 4) is 0 Å². The zero-order valence-corrected chi connectivity index (χ0v) is 10.5. The Balaban J connectivity index is 1.91. The molecule has 0 atom stereocenters. The highest BCUT2D eigenvalue weighted by Crippen LogP contribution is 2.29. The summed E-state index contributed by atoms with van der Waals surface area (Å²) in [5, 5.41) is 7.81. The van der Waals surface area contributed by atoms with E-state index in [9.17, 15) is 0 Å². The van der Waals surface area contributed by atoms with E-state index in [1.165, 1.54) is 24.8 Å². The molecule has 0 spiro atoms. The lowest BCUT2D eigenvalue weighted by atomic mass is 10.1. The van der Waals surface area contributed by atoms with Crippen LogP contribution >= 0.6 is 0 Å². The second kappa shape index (κ2) is 4.90. The Morgan fingerprint density at radius 2 is 1.83 bits per heavy atom. The molecule has 2 aromatic rings. The van der Waals surface area contributed by atoms with Crippen LogP contribution in [0.3, 0.4) is 0 Å². The van der Waals surface area contributed by atoms with Gasteiger partial charge in [0, 0.05) is 10.8 Å². The van der Waals surface area contributed by atoms with Gasteiger partial charge in [-0.3, -0.25) is 4.48 Å². The molecule has 0 radical (unpaired) electrons. The Morgan fingerprint density at radius 1 is 1.06 bits per heavy atom. The van der Waals surface area contributed by atoms with Gasteiger partial charge in [0.25, 0.3) is 5.82 Å². The van der Waals surface area contributed by atoms with Gasteiger partial charge < -0.3 is 4.52 Å². The summed E-state index contributed by atoms with van der Waals surface area (Å²) in [7, 11) is 0. The zero-order valence-electron chi connectivity index (χ0n) is 10.5. The monoisotopic (exact) mass is 244 g/mol. The summed E-state index contributed by atoms with van der Waals surface area (Å²) in [6.45, 7) is 3.24. The van der Waals surface area contributed by atoms with Crippen LogP contribution in [0.1, 0.15) is 24.8 Å². The van der Waals surface area contributed by atoms with Gasteiger partial charge in [0.1, 0.15) is 6.54 Å². The minimum absolute atomic E-state index is 0.882. The fourth-order valence-electron chi connectivity index (χ4n) is 2.88. The number of benzene rings is 1. The lowest BCUT2D eigenvalue weighted by Crippen LogP contribution is -2.52. The van der Waals surface area contributed by atoms with Gasteiger partial charge >= 0.3 is 0 Å². The molecule has 4 heteroatoms. The number of hydrogen-bond donors (Lipinski definition) is 0. The summed E-state index contributed by atoms with van der Waals surface area (Å²) in [6.07, 6.45) is 5.52. The zero-order chi connectivity index (χ0) is 12.3. The molecule has 0 amide bonds. The molecular weight excluding hydrogens is 226 g/mol. The second-order valence-corrected chi connectivity index (χ2v) is 5.06. The van der Waals surface area contributed by atoms with Gasteiger partial charge in [-0.15, -0.1) is 0 Å². The molecular formula is C14H18N3O+. The fraction of sp³-hybridized carbons (Fsp3) is 0.429. The van der Waals surface area contributed by atoms with Crippen molar-refractivity contribution in [2.45, 2.75) is 25.8 Å². The number of rotatable bonds is 3. The lowest BCUT2D eigenvalue weighted by molar-refractivity contribution is 0.215. The molecule has 2 heterocycles. The highest BCUT2D eigenvalue weighted by molar-refractivity contribution is 5.31. The van der Waals surface area contributed by atoms with E-state index < -0.39 is 0 Å². The Morgan fingerprint density at radius 3 is 2.50 bits per heavy atom. The van der Waals surface area contributed by atoms with E-state index >= 15 is 0 Å². The summed E-state index contributed by atoms with van der Waals surface area (Å²) in [5.74, 6) is 0.971. The van der Waals surface area contributed by atoms with E-state index in [4.69, 9.17) is 4.52 Å². The maximum Gasteiger partial charge on any atom is 0.288 e. The first-order chi connectivity index (χ1) is 8.89. The fourth-order valence-corrected chi connectivity index (χ4v) is 2.88. The van der Waals surface area contributed by atoms with Gasteiger partial charge in [-0.05, 0) is 19.3 Å². The highest BCUT2D eigenvalue weighted by atomic mass is 16.5. The standard InChI is InChI=1S/C14H18N3O/c1-3-7-13(8-4-1)11-17(9-5-2-6-10-17)14-12-18-16-15-14/h1,3-4,7-8,12H,2,5-6,9-11H2/q+1. The van der Waals surface area contributed by atoms with Gasteiger partial charge in [0.2, 0.25) is 6.26 Å². The molecule has 18 heavy (non-hydrogen) atoms. The first-order valence-electron chi connectivity index (χ1n) is 6.57. The van der Waals surface area contributed by atoms with Crippen LogP contribution in [0.25, 0.3) is 0 Å². The van der Waals surface area contributed by atoms with E-state index in [2.05, 4.69) is 40.7 Å². The van der Waals surface area contributed by atoms with Crippen molar-refractivity contribution in [3.63, 3.8) is 0 Å². The molecule has 3 rings (SSSR count). The van der Waals surface area contributed by atoms with Crippen LogP contribution in [0.15, 0.2) is 41.1 Å². The molecule has 1 aromatic heterocycles. The predicted molar refractivity (Wildman–Crippen MR) is 69.8 cm³/mol. The minimum Gasteiger partial charge on any atom is -0.339 e. The normalized spacial score (nSPS) is 18.7. The van der Waals surface area contributed by atoms with Crippen molar-refractivity contribution in [2.75, 3.05) is 13.1 Å². The second-order valence-electron chi connectivity index (χ2n) is 5.06. The third kappa shape index (κ3) is 2.16. The van der Waals surface area contributed by atoms with E-state index in [1.54, 1.807) is 6.26 Å². The lowest BCUT2D eigenvalue weighted by Gasteiger charge is -2.38. The van der Waals surface area contributed by atoms with Crippen LogP contribution in [0.4, 0.5) is 5.82 Å². The predicted octanol–water partition coefficient (Wildman–Crippen LogP) is 2.76. The Labute approximate surface area is 107 Å². The van der Waals surface area contributed by atoms with Crippen LogP contribution in [0.5, 0.6) is 0 Å². The molecule has 94 valence electrons. The van der Waals surface area contributed by atoms with Crippen LogP contribution in [0.2, 0.25) is 0 Å². The van der Waals surface area contributed by atoms with E-state index in [0.717, 1.165) is 29.9 Å². The average Bonchev–Trinajstić information content (AvgIpc) is 2.95. The van der Waals surface area contributed by atoms with Crippen molar-refractivity contribution in [2.24, 2.45) is 0 Å². The smallest absolute Gasteiger partial charge is 0.288 e. The molecule has 0 bridgehead atoms. The van der Waals surface area contributed by atoms with Crippen molar-refractivity contribution in [3.05, 3.63) is 42.2 Å². The van der Waals surface area contributed by atoms with Crippen molar-refractivity contribution >= 4 is 5.82 Å². The Hall–Kier alpha value is -1.68. The first-order valence-corrected chi connectivity index (χ1v) is 6.57. The summed E-state index contributed by atoms with van der Waals surface area (Å²) in [5.41, 5.74) is 1.35. The number of aromatic nitrogens is 2. The molecule has 1 saturated heterocycles. The van der Waals surface area contributed by atoms with Gasteiger partial charge in [-0.1, -0.05) is 35.4 Å². The van der Waals surface area contributed by atoms with E-state index in [1.807, 2.05) is 0 Å². The minimum atomic E-state index is 0.882. The van der Waals surface area contributed by atoms with Gasteiger partial charge in [0.05, 0.1) is 13.1 Å². The topological polar surface area (TPSA) is 38.9 Å². The maximum atomic E-state index is 4.95. The van der Waals surface area contributed by atoms with Crippen LogP contribution in [-0.2, 0) is 6.54 Å². The summed E-state index contributed by atoms with van der Waals surface area (Å²) in [6, 6.07) is 10.6. The van der Waals surface area contributed by atoms with E-state index in [0.29, 0.717) is 0 Å². The third-order valence-corrected chi connectivity index (χ3v) is 3.83.